The highest BCUT2D eigenvalue weighted by Gasteiger charge is 2.10. The van der Waals surface area contributed by atoms with E-state index in [1.165, 1.54) is 0 Å². The van der Waals surface area contributed by atoms with Crippen molar-refractivity contribution in [3.8, 4) is 0 Å². The molecule has 2 N–H and O–H groups in total. The van der Waals surface area contributed by atoms with Crippen LogP contribution in [0.2, 0.25) is 0 Å². The summed E-state index contributed by atoms with van der Waals surface area (Å²) >= 11 is 0. The summed E-state index contributed by atoms with van der Waals surface area (Å²) in [5.41, 5.74) is 0.204. The predicted octanol–water partition coefficient (Wildman–Crippen LogP) is 1.39. The summed E-state index contributed by atoms with van der Waals surface area (Å²) in [7, 11) is 0. The van der Waals surface area contributed by atoms with Crippen molar-refractivity contribution in [1.82, 2.24) is 10.6 Å². The molecule has 0 fully saturated rings. The van der Waals surface area contributed by atoms with Gasteiger partial charge >= 0.3 is 0 Å². The van der Waals surface area contributed by atoms with Crippen LogP contribution < -0.4 is 10.6 Å². The molecule has 0 spiro atoms. The van der Waals surface area contributed by atoms with Crippen molar-refractivity contribution >= 4 is 0 Å². The molecule has 0 aliphatic rings. The molecule has 0 aliphatic heterocycles. The summed E-state index contributed by atoms with van der Waals surface area (Å²) in [6, 6.07) is 0.495. The van der Waals surface area contributed by atoms with Crippen LogP contribution in [-0.2, 0) is 4.74 Å². The fourth-order valence-electron chi connectivity index (χ4n) is 1.05. The van der Waals surface area contributed by atoms with Crippen molar-refractivity contribution in [3.05, 3.63) is 0 Å². The van der Waals surface area contributed by atoms with Crippen LogP contribution in [0, 0.1) is 0 Å². The first kappa shape index (κ1) is 13.9. The van der Waals surface area contributed by atoms with Gasteiger partial charge < -0.3 is 15.4 Å². The van der Waals surface area contributed by atoms with E-state index in [9.17, 15) is 0 Å². The molecule has 0 aromatic heterocycles. The Labute approximate surface area is 88.6 Å². The van der Waals surface area contributed by atoms with Crippen LogP contribution in [0.3, 0.4) is 0 Å². The first-order valence-corrected chi connectivity index (χ1v) is 5.52. The minimum Gasteiger partial charge on any atom is -0.380 e. The van der Waals surface area contributed by atoms with E-state index in [1.807, 2.05) is 6.92 Å². The van der Waals surface area contributed by atoms with Gasteiger partial charge in [-0.05, 0) is 34.6 Å². The Balaban J connectivity index is 3.32. The van der Waals surface area contributed by atoms with E-state index in [4.69, 9.17) is 4.74 Å². The Hall–Kier alpha value is -0.120. The van der Waals surface area contributed by atoms with Crippen LogP contribution in [0.5, 0.6) is 0 Å². The van der Waals surface area contributed by atoms with E-state index in [1.54, 1.807) is 0 Å². The van der Waals surface area contributed by atoms with Gasteiger partial charge in [0.25, 0.3) is 0 Å². The minimum atomic E-state index is 0.204. The van der Waals surface area contributed by atoms with Crippen molar-refractivity contribution in [1.29, 1.82) is 0 Å². The zero-order chi connectivity index (χ0) is 11.0. The fraction of sp³-hybridized carbons (Fsp3) is 1.00. The largest absolute Gasteiger partial charge is 0.380 e. The van der Waals surface area contributed by atoms with E-state index in [0.29, 0.717) is 6.04 Å². The molecule has 0 radical (unpaired) electrons. The molecular formula is C11H26N2O. The van der Waals surface area contributed by atoms with E-state index in [2.05, 4.69) is 38.3 Å². The molecule has 3 heteroatoms. The normalized spacial score (nSPS) is 14.4. The molecule has 14 heavy (non-hydrogen) atoms. The molecule has 0 amide bonds. The third kappa shape index (κ3) is 9.96. The van der Waals surface area contributed by atoms with Crippen LogP contribution in [0.1, 0.15) is 34.6 Å². The van der Waals surface area contributed by atoms with Crippen LogP contribution in [-0.4, -0.2) is 37.9 Å². The summed E-state index contributed by atoms with van der Waals surface area (Å²) < 4.78 is 5.25. The van der Waals surface area contributed by atoms with Gasteiger partial charge in [-0.1, -0.05) is 0 Å². The molecule has 0 saturated heterocycles. The summed E-state index contributed by atoms with van der Waals surface area (Å²) in [6.07, 6.45) is 0. The zero-order valence-electron chi connectivity index (χ0n) is 10.3. The summed E-state index contributed by atoms with van der Waals surface area (Å²) in [5.74, 6) is 0. The molecule has 0 aromatic rings. The minimum absolute atomic E-state index is 0.204. The van der Waals surface area contributed by atoms with E-state index in [-0.39, 0.29) is 5.54 Å². The number of rotatable bonds is 7. The lowest BCUT2D eigenvalue weighted by atomic mass is 10.1. The third-order valence-corrected chi connectivity index (χ3v) is 1.88. The van der Waals surface area contributed by atoms with Gasteiger partial charge in [0.05, 0.1) is 6.61 Å². The Morgan fingerprint density at radius 3 is 2.43 bits per heavy atom. The molecule has 0 aromatic carbocycles. The smallest absolute Gasteiger partial charge is 0.0590 e. The maximum atomic E-state index is 5.25. The number of hydrogen-bond acceptors (Lipinski definition) is 3. The van der Waals surface area contributed by atoms with Gasteiger partial charge in [-0.25, -0.2) is 0 Å². The zero-order valence-corrected chi connectivity index (χ0v) is 10.3. The average Bonchev–Trinajstić information content (AvgIpc) is 2.08. The van der Waals surface area contributed by atoms with Crippen LogP contribution in [0.15, 0.2) is 0 Å². The standard InChI is InChI=1S/C11H26N2O/c1-6-14-8-7-12-10(2)9-13-11(3,4)5/h10,12-13H,6-9H2,1-5H3. The van der Waals surface area contributed by atoms with Gasteiger partial charge in [0.2, 0.25) is 0 Å². The topological polar surface area (TPSA) is 33.3 Å². The Morgan fingerprint density at radius 1 is 1.29 bits per heavy atom. The second-order valence-corrected chi connectivity index (χ2v) is 4.68. The maximum Gasteiger partial charge on any atom is 0.0590 e. The Bertz CT molecular complexity index is 132. The van der Waals surface area contributed by atoms with Gasteiger partial charge in [0.1, 0.15) is 0 Å². The van der Waals surface area contributed by atoms with Crippen molar-refractivity contribution in [2.75, 3.05) is 26.3 Å². The quantitative estimate of drug-likeness (QED) is 0.612. The number of nitrogens with one attached hydrogen (secondary N) is 2. The third-order valence-electron chi connectivity index (χ3n) is 1.88. The molecule has 1 unspecified atom stereocenters. The van der Waals surface area contributed by atoms with E-state index >= 15 is 0 Å². The van der Waals surface area contributed by atoms with Gasteiger partial charge in [0, 0.05) is 31.3 Å². The maximum absolute atomic E-state index is 5.25. The molecule has 0 aliphatic carbocycles. The van der Waals surface area contributed by atoms with Gasteiger partial charge in [-0.2, -0.15) is 0 Å². The van der Waals surface area contributed by atoms with Crippen LogP contribution >= 0.6 is 0 Å². The van der Waals surface area contributed by atoms with Gasteiger partial charge in [-0.15, -0.1) is 0 Å². The van der Waals surface area contributed by atoms with E-state index < -0.39 is 0 Å². The summed E-state index contributed by atoms with van der Waals surface area (Å²) in [5, 5.41) is 6.86. The second-order valence-electron chi connectivity index (χ2n) is 4.68. The molecule has 1 atom stereocenters. The van der Waals surface area contributed by atoms with Crippen LogP contribution in [0.4, 0.5) is 0 Å². The molecule has 86 valence electrons. The molecule has 0 rings (SSSR count). The molecule has 0 bridgehead atoms. The Kier molecular flexibility index (Phi) is 7.15. The van der Waals surface area contributed by atoms with Crippen LogP contribution in [0.25, 0.3) is 0 Å². The highest BCUT2D eigenvalue weighted by Crippen LogP contribution is 1.97. The van der Waals surface area contributed by atoms with Gasteiger partial charge in [-0.3, -0.25) is 0 Å². The second kappa shape index (κ2) is 7.21. The lowest BCUT2D eigenvalue weighted by molar-refractivity contribution is 0.147. The van der Waals surface area contributed by atoms with Crippen molar-refractivity contribution in [2.24, 2.45) is 0 Å². The molecule has 0 saturated carbocycles. The lowest BCUT2D eigenvalue weighted by Crippen LogP contribution is -2.45. The first-order chi connectivity index (χ1) is 6.45. The van der Waals surface area contributed by atoms with Crippen molar-refractivity contribution < 1.29 is 4.74 Å². The highest BCUT2D eigenvalue weighted by molar-refractivity contribution is 4.74. The lowest BCUT2D eigenvalue weighted by Gasteiger charge is -2.24. The predicted molar refractivity (Wildman–Crippen MR) is 61.7 cm³/mol. The molecule has 3 nitrogen and oxygen atoms in total. The van der Waals surface area contributed by atoms with Crippen molar-refractivity contribution in [3.63, 3.8) is 0 Å². The first-order valence-electron chi connectivity index (χ1n) is 5.52. The number of hydrogen-bond donors (Lipinski definition) is 2. The summed E-state index contributed by atoms with van der Waals surface area (Å²) in [4.78, 5) is 0. The average molecular weight is 202 g/mol. The molecule has 0 heterocycles. The van der Waals surface area contributed by atoms with Gasteiger partial charge in [0.15, 0.2) is 0 Å². The number of ether oxygens (including phenoxy) is 1. The Morgan fingerprint density at radius 2 is 1.93 bits per heavy atom. The highest BCUT2D eigenvalue weighted by atomic mass is 16.5. The monoisotopic (exact) mass is 202 g/mol. The van der Waals surface area contributed by atoms with E-state index in [0.717, 1.165) is 26.3 Å². The summed E-state index contributed by atoms with van der Waals surface area (Å²) in [6.45, 7) is 14.3. The fourth-order valence-corrected chi connectivity index (χ4v) is 1.05. The SMILES string of the molecule is CCOCCNC(C)CNC(C)(C)C. The molecular weight excluding hydrogens is 176 g/mol. The van der Waals surface area contributed by atoms with Crippen molar-refractivity contribution in [2.45, 2.75) is 46.2 Å².